The first-order valence-corrected chi connectivity index (χ1v) is 7.86. The zero-order valence-electron chi connectivity index (χ0n) is 15.6. The van der Waals surface area contributed by atoms with Gasteiger partial charge in [0.05, 0.1) is 13.0 Å². The predicted octanol–water partition coefficient (Wildman–Crippen LogP) is 0.285. The van der Waals surface area contributed by atoms with Crippen LogP contribution in [-0.2, 0) is 47.7 Å². The molecule has 192 valence electrons. The zero-order valence-corrected chi connectivity index (χ0v) is 15.6. The van der Waals surface area contributed by atoms with Crippen LogP contribution in [0.3, 0.4) is 0 Å². The van der Waals surface area contributed by atoms with E-state index in [-0.39, 0.29) is 55.1 Å². The fourth-order valence-electron chi connectivity index (χ4n) is 1.24. The number of hydrogen-bond acceptors (Lipinski definition) is 12. The summed E-state index contributed by atoms with van der Waals surface area (Å²) in [7, 11) is 1.45. The molecule has 0 saturated heterocycles. The molecule has 0 fully saturated rings. The molecule has 0 bridgehead atoms. The molecule has 0 heterocycles. The summed E-state index contributed by atoms with van der Waals surface area (Å²) in [6.07, 6.45) is -0.707. The number of methoxy groups -OCH3 is 1. The van der Waals surface area contributed by atoms with Crippen LogP contribution in [0, 0.1) is 0 Å². The third-order valence-corrected chi connectivity index (χ3v) is 2.38. The molecule has 0 rings (SSSR count). The van der Waals surface area contributed by atoms with Crippen LogP contribution in [0.15, 0.2) is 0 Å². The molecule has 0 atom stereocenters. The van der Waals surface area contributed by atoms with E-state index in [9.17, 15) is 28.8 Å². The van der Waals surface area contributed by atoms with Crippen LogP contribution < -0.4 is 0 Å². The Labute approximate surface area is 190 Å². The van der Waals surface area contributed by atoms with E-state index in [1.165, 1.54) is 14.0 Å². The smallest absolute Gasteiger partial charge is 0.332 e. The first kappa shape index (κ1) is 43.2. The standard InChI is InChI=1S/C9H14O7.C7H10O5.4CH4/c1-14-2-3-15-8(12)4-7(11)6-16-9(13)5-10;1-5(9)2-6(10)4-12-7(11)3-8;;;;/h10H,2-6H2,1H3;8H,2-4H2,1H3;4*1H4. The monoisotopic (exact) mass is 472 g/mol. The number of carbonyl (C=O) groups excluding carboxylic acids is 6. The molecule has 0 aromatic carbocycles. The summed E-state index contributed by atoms with van der Waals surface area (Å²) in [4.78, 5) is 63.8. The van der Waals surface area contributed by atoms with Gasteiger partial charge in [-0.15, -0.1) is 0 Å². The maximum absolute atomic E-state index is 11.0. The van der Waals surface area contributed by atoms with Gasteiger partial charge in [-0.25, -0.2) is 9.59 Å². The molecule has 0 saturated carbocycles. The van der Waals surface area contributed by atoms with Crippen molar-refractivity contribution < 1.29 is 57.9 Å². The highest BCUT2D eigenvalue weighted by molar-refractivity contribution is 5.99. The van der Waals surface area contributed by atoms with Gasteiger partial charge in [-0.05, 0) is 6.92 Å². The van der Waals surface area contributed by atoms with E-state index in [1.54, 1.807) is 0 Å². The van der Waals surface area contributed by atoms with Crippen molar-refractivity contribution in [3.8, 4) is 0 Å². The van der Waals surface area contributed by atoms with Crippen molar-refractivity contribution in [2.45, 2.75) is 49.5 Å². The summed E-state index contributed by atoms with van der Waals surface area (Å²) in [6, 6.07) is 0. The molecule has 0 aliphatic heterocycles. The number of hydrogen-bond donors (Lipinski definition) is 2. The Bertz CT molecular complexity index is 543. The Morgan fingerprint density at radius 2 is 1.03 bits per heavy atom. The fourth-order valence-corrected chi connectivity index (χ4v) is 1.24. The normalized spacial score (nSPS) is 8.25. The van der Waals surface area contributed by atoms with Gasteiger partial charge in [0.1, 0.15) is 32.0 Å². The molecule has 0 radical (unpaired) electrons. The summed E-state index contributed by atoms with van der Waals surface area (Å²) >= 11 is 0. The quantitative estimate of drug-likeness (QED) is 0.162. The topological polar surface area (TPSA) is 180 Å². The maximum atomic E-state index is 11.0. The highest BCUT2D eigenvalue weighted by Gasteiger charge is 2.12. The molecule has 0 aliphatic rings. The minimum absolute atomic E-state index is 0. The lowest BCUT2D eigenvalue weighted by Gasteiger charge is -2.04. The minimum atomic E-state index is -0.916. The first-order valence-electron chi connectivity index (χ1n) is 7.86. The predicted molar refractivity (Wildman–Crippen MR) is 116 cm³/mol. The second-order valence-corrected chi connectivity index (χ2v) is 4.98. The Kier molecular flexibility index (Phi) is 38.2. The van der Waals surface area contributed by atoms with E-state index in [0.29, 0.717) is 0 Å². The van der Waals surface area contributed by atoms with Crippen LogP contribution >= 0.6 is 0 Å². The van der Waals surface area contributed by atoms with Crippen molar-refractivity contribution in [2.75, 3.05) is 46.8 Å². The van der Waals surface area contributed by atoms with E-state index in [1.807, 2.05) is 0 Å². The van der Waals surface area contributed by atoms with Crippen LogP contribution in [0.1, 0.15) is 49.5 Å². The number of rotatable bonds is 13. The Balaban J connectivity index is -0.0000000967. The van der Waals surface area contributed by atoms with Crippen LogP contribution in [0.2, 0.25) is 0 Å². The van der Waals surface area contributed by atoms with Crippen molar-refractivity contribution in [1.29, 1.82) is 0 Å². The number of esters is 3. The van der Waals surface area contributed by atoms with Crippen molar-refractivity contribution in [1.82, 2.24) is 0 Å². The third kappa shape index (κ3) is 32.0. The highest BCUT2D eigenvalue weighted by atomic mass is 16.6. The first-order chi connectivity index (χ1) is 13.2. The number of Topliss-reactive ketones (excluding diaryl/α,β-unsaturated/α-hetero) is 3. The molecule has 0 spiro atoms. The van der Waals surface area contributed by atoms with Crippen LogP contribution in [0.4, 0.5) is 0 Å². The van der Waals surface area contributed by atoms with Gasteiger partial charge in [0.25, 0.3) is 0 Å². The van der Waals surface area contributed by atoms with E-state index in [4.69, 9.17) is 10.2 Å². The molecule has 2 N–H and O–H groups in total. The number of ether oxygens (including phenoxy) is 4. The average molecular weight is 473 g/mol. The van der Waals surface area contributed by atoms with Crippen LogP contribution in [0.5, 0.6) is 0 Å². The van der Waals surface area contributed by atoms with Crippen LogP contribution in [0.25, 0.3) is 0 Å². The Morgan fingerprint density at radius 3 is 1.38 bits per heavy atom. The largest absolute Gasteiger partial charge is 0.463 e. The molecule has 0 unspecified atom stereocenters. The van der Waals surface area contributed by atoms with Gasteiger partial charge in [-0.3, -0.25) is 19.2 Å². The van der Waals surface area contributed by atoms with E-state index >= 15 is 0 Å². The van der Waals surface area contributed by atoms with Crippen molar-refractivity contribution >= 4 is 35.3 Å². The van der Waals surface area contributed by atoms with Gasteiger partial charge in [0.2, 0.25) is 0 Å². The Morgan fingerprint density at radius 1 is 0.625 bits per heavy atom. The third-order valence-electron chi connectivity index (χ3n) is 2.38. The molecule has 0 amide bonds. The number of aliphatic hydroxyl groups is 2. The second kappa shape index (κ2) is 28.3. The van der Waals surface area contributed by atoms with Gasteiger partial charge in [0, 0.05) is 7.11 Å². The van der Waals surface area contributed by atoms with Crippen molar-refractivity contribution in [3.63, 3.8) is 0 Å². The number of aliphatic hydroxyl groups excluding tert-OH is 2. The summed E-state index contributed by atoms with van der Waals surface area (Å²) in [5, 5.41) is 16.5. The fraction of sp³-hybridized carbons (Fsp3) is 0.700. The summed E-state index contributed by atoms with van der Waals surface area (Å²) in [5.74, 6) is -3.83. The van der Waals surface area contributed by atoms with Gasteiger partial charge in [-0.2, -0.15) is 0 Å². The molecule has 0 aromatic rings. The van der Waals surface area contributed by atoms with E-state index in [0.717, 1.165) is 0 Å². The zero-order chi connectivity index (χ0) is 21.9. The highest BCUT2D eigenvalue weighted by Crippen LogP contribution is 1.91. The number of ketones is 3. The van der Waals surface area contributed by atoms with Gasteiger partial charge >= 0.3 is 17.9 Å². The number of carbonyl (C=O) groups is 6. The summed E-state index contributed by atoms with van der Waals surface area (Å²) < 4.78 is 17.8. The molecule has 0 aliphatic carbocycles. The van der Waals surface area contributed by atoms with Crippen molar-refractivity contribution in [2.24, 2.45) is 0 Å². The average Bonchev–Trinajstić information content (AvgIpc) is 2.64. The lowest BCUT2D eigenvalue weighted by atomic mass is 10.2. The van der Waals surface area contributed by atoms with Crippen molar-refractivity contribution in [3.05, 3.63) is 0 Å². The molecule has 0 aromatic heterocycles. The minimum Gasteiger partial charge on any atom is -0.463 e. The van der Waals surface area contributed by atoms with E-state index < -0.39 is 62.3 Å². The summed E-state index contributed by atoms with van der Waals surface area (Å²) in [5.41, 5.74) is 0. The van der Waals surface area contributed by atoms with Gasteiger partial charge in [0.15, 0.2) is 24.8 Å². The molecular formula is C20H40O12. The molecule has 32 heavy (non-hydrogen) atoms. The van der Waals surface area contributed by atoms with E-state index in [2.05, 4.69) is 18.9 Å². The van der Waals surface area contributed by atoms with Gasteiger partial charge < -0.3 is 29.2 Å². The Hall–Kier alpha value is -2.70. The molecular weight excluding hydrogens is 432 g/mol. The molecule has 12 heteroatoms. The summed E-state index contributed by atoms with van der Waals surface area (Å²) in [6.45, 7) is -0.957. The van der Waals surface area contributed by atoms with Gasteiger partial charge in [-0.1, -0.05) is 29.7 Å². The SMILES string of the molecule is C.C.C.C.CC(=O)CC(=O)COC(=O)CO.COCCOC(=O)CC(=O)COC(=O)CO. The second-order valence-electron chi connectivity index (χ2n) is 4.98. The molecule has 12 nitrogen and oxygen atoms in total. The maximum Gasteiger partial charge on any atom is 0.332 e. The lowest BCUT2D eigenvalue weighted by molar-refractivity contribution is -0.154. The van der Waals surface area contributed by atoms with Crippen LogP contribution in [-0.4, -0.2) is 92.2 Å². The lowest BCUT2D eigenvalue weighted by Crippen LogP contribution is -2.20.